The standard InChI is InChI=1S/C13H17N3O3/c1-9-6-12(13(17)18)10(2)16(9)11-7-14-15(8-11)4-5-19-3/h6-8H,4-5H2,1-3H3,(H,17,18). The zero-order chi connectivity index (χ0) is 14.0. The first-order chi connectivity index (χ1) is 9.04. The summed E-state index contributed by atoms with van der Waals surface area (Å²) in [6.07, 6.45) is 3.60. The maximum absolute atomic E-state index is 11.1. The smallest absolute Gasteiger partial charge is 0.337 e. The molecule has 0 aliphatic heterocycles. The van der Waals surface area contributed by atoms with E-state index in [0.29, 0.717) is 24.4 Å². The van der Waals surface area contributed by atoms with Gasteiger partial charge in [-0.1, -0.05) is 0 Å². The number of carboxylic acid groups (broad SMARTS) is 1. The van der Waals surface area contributed by atoms with Crippen molar-refractivity contribution in [3.63, 3.8) is 0 Å². The molecule has 6 heteroatoms. The lowest BCUT2D eigenvalue weighted by Crippen LogP contribution is -2.04. The molecule has 6 nitrogen and oxygen atoms in total. The van der Waals surface area contributed by atoms with Gasteiger partial charge in [-0.25, -0.2) is 4.79 Å². The Morgan fingerprint density at radius 1 is 1.47 bits per heavy atom. The highest BCUT2D eigenvalue weighted by atomic mass is 16.5. The molecule has 0 spiro atoms. The van der Waals surface area contributed by atoms with E-state index in [1.54, 1.807) is 31.0 Å². The van der Waals surface area contributed by atoms with Crippen LogP contribution in [0.5, 0.6) is 0 Å². The number of hydrogen-bond donors (Lipinski definition) is 1. The molecule has 19 heavy (non-hydrogen) atoms. The minimum atomic E-state index is -0.911. The van der Waals surface area contributed by atoms with Crippen LogP contribution in [0.1, 0.15) is 21.7 Å². The number of rotatable bonds is 5. The maximum Gasteiger partial charge on any atom is 0.337 e. The number of aromatic carboxylic acids is 1. The third-order valence-electron chi connectivity index (χ3n) is 3.06. The molecule has 2 heterocycles. The molecule has 0 aliphatic carbocycles. The van der Waals surface area contributed by atoms with E-state index in [1.165, 1.54) is 0 Å². The van der Waals surface area contributed by atoms with Crippen LogP contribution in [0.4, 0.5) is 0 Å². The fraction of sp³-hybridized carbons (Fsp3) is 0.385. The minimum absolute atomic E-state index is 0.321. The number of aromatic nitrogens is 3. The van der Waals surface area contributed by atoms with E-state index >= 15 is 0 Å². The van der Waals surface area contributed by atoms with Crippen molar-refractivity contribution in [2.24, 2.45) is 0 Å². The van der Waals surface area contributed by atoms with Crippen molar-refractivity contribution >= 4 is 5.97 Å². The van der Waals surface area contributed by atoms with Crippen LogP contribution in [0, 0.1) is 13.8 Å². The quantitative estimate of drug-likeness (QED) is 0.890. The van der Waals surface area contributed by atoms with Crippen molar-refractivity contribution in [2.75, 3.05) is 13.7 Å². The highest BCUT2D eigenvalue weighted by Crippen LogP contribution is 2.20. The minimum Gasteiger partial charge on any atom is -0.478 e. The van der Waals surface area contributed by atoms with Crippen LogP contribution in [0.3, 0.4) is 0 Å². The molecule has 0 amide bonds. The largest absolute Gasteiger partial charge is 0.478 e. The number of hydrogen-bond acceptors (Lipinski definition) is 3. The summed E-state index contributed by atoms with van der Waals surface area (Å²) in [4.78, 5) is 11.1. The molecule has 0 bridgehead atoms. The first kappa shape index (κ1) is 13.4. The lowest BCUT2D eigenvalue weighted by atomic mass is 10.2. The van der Waals surface area contributed by atoms with E-state index in [2.05, 4.69) is 5.10 Å². The molecule has 0 unspecified atom stereocenters. The van der Waals surface area contributed by atoms with Gasteiger partial charge in [0.15, 0.2) is 0 Å². The Labute approximate surface area is 111 Å². The molecule has 2 aromatic rings. The monoisotopic (exact) mass is 263 g/mol. The summed E-state index contributed by atoms with van der Waals surface area (Å²) in [7, 11) is 1.64. The van der Waals surface area contributed by atoms with Gasteiger partial charge in [0.25, 0.3) is 0 Å². The van der Waals surface area contributed by atoms with Crippen molar-refractivity contribution in [1.29, 1.82) is 0 Å². The first-order valence-electron chi connectivity index (χ1n) is 5.98. The fourth-order valence-electron chi connectivity index (χ4n) is 2.15. The molecule has 102 valence electrons. The average Bonchev–Trinajstić information content (AvgIpc) is 2.91. The molecular weight excluding hydrogens is 246 g/mol. The fourth-order valence-corrected chi connectivity index (χ4v) is 2.15. The zero-order valence-corrected chi connectivity index (χ0v) is 11.3. The number of aryl methyl sites for hydroxylation is 1. The second-order valence-electron chi connectivity index (χ2n) is 4.38. The third kappa shape index (κ3) is 2.53. The van der Waals surface area contributed by atoms with Crippen molar-refractivity contribution < 1.29 is 14.6 Å². The second-order valence-corrected chi connectivity index (χ2v) is 4.38. The molecule has 0 saturated heterocycles. The number of carbonyl (C=O) groups is 1. The van der Waals surface area contributed by atoms with Gasteiger partial charge in [-0.3, -0.25) is 4.68 Å². The van der Waals surface area contributed by atoms with Gasteiger partial charge in [0.2, 0.25) is 0 Å². The van der Waals surface area contributed by atoms with Gasteiger partial charge in [0, 0.05) is 24.7 Å². The summed E-state index contributed by atoms with van der Waals surface area (Å²) in [5, 5.41) is 13.4. The van der Waals surface area contributed by atoms with Crippen LogP contribution in [0.15, 0.2) is 18.5 Å². The van der Waals surface area contributed by atoms with E-state index in [9.17, 15) is 4.79 Å². The number of methoxy groups -OCH3 is 1. The van der Waals surface area contributed by atoms with Crippen LogP contribution < -0.4 is 0 Å². The SMILES string of the molecule is COCCn1cc(-n2c(C)cc(C(=O)O)c2C)cn1. The number of ether oxygens (including phenoxy) is 1. The lowest BCUT2D eigenvalue weighted by Gasteiger charge is -2.06. The van der Waals surface area contributed by atoms with Crippen LogP contribution >= 0.6 is 0 Å². The Morgan fingerprint density at radius 3 is 2.79 bits per heavy atom. The Kier molecular flexibility index (Phi) is 3.71. The van der Waals surface area contributed by atoms with Crippen molar-refractivity contribution in [3.05, 3.63) is 35.4 Å². The highest BCUT2D eigenvalue weighted by Gasteiger charge is 2.16. The molecule has 1 N–H and O–H groups in total. The molecule has 0 saturated carbocycles. The third-order valence-corrected chi connectivity index (χ3v) is 3.06. The van der Waals surface area contributed by atoms with E-state index in [-0.39, 0.29) is 0 Å². The van der Waals surface area contributed by atoms with Gasteiger partial charge in [-0.2, -0.15) is 5.10 Å². The van der Waals surface area contributed by atoms with E-state index < -0.39 is 5.97 Å². The normalized spacial score (nSPS) is 10.9. The van der Waals surface area contributed by atoms with Crippen molar-refractivity contribution in [1.82, 2.24) is 14.3 Å². The summed E-state index contributed by atoms with van der Waals surface area (Å²) < 4.78 is 8.66. The molecule has 0 radical (unpaired) electrons. The average molecular weight is 263 g/mol. The lowest BCUT2D eigenvalue weighted by molar-refractivity contribution is 0.0696. The summed E-state index contributed by atoms with van der Waals surface area (Å²) >= 11 is 0. The van der Waals surface area contributed by atoms with Crippen molar-refractivity contribution in [2.45, 2.75) is 20.4 Å². The Balaban J connectivity index is 2.36. The molecule has 0 aliphatic rings. The Bertz CT molecular complexity index is 598. The van der Waals surface area contributed by atoms with Crippen LogP contribution in [-0.4, -0.2) is 39.1 Å². The van der Waals surface area contributed by atoms with E-state index in [1.807, 2.05) is 17.7 Å². The first-order valence-corrected chi connectivity index (χ1v) is 5.98. The molecule has 0 fully saturated rings. The molecule has 0 aromatic carbocycles. The highest BCUT2D eigenvalue weighted by molar-refractivity contribution is 5.89. The molecule has 2 rings (SSSR count). The van der Waals surface area contributed by atoms with Gasteiger partial charge in [-0.15, -0.1) is 0 Å². The van der Waals surface area contributed by atoms with Gasteiger partial charge >= 0.3 is 5.97 Å². The Hall–Kier alpha value is -2.08. The molecular formula is C13H17N3O3. The molecule has 2 aromatic heterocycles. The van der Waals surface area contributed by atoms with Crippen LogP contribution in [0.25, 0.3) is 5.69 Å². The number of nitrogens with zero attached hydrogens (tertiary/aromatic N) is 3. The summed E-state index contributed by atoms with van der Waals surface area (Å²) in [5.41, 5.74) is 2.76. The van der Waals surface area contributed by atoms with Crippen LogP contribution in [-0.2, 0) is 11.3 Å². The van der Waals surface area contributed by atoms with E-state index in [0.717, 1.165) is 11.4 Å². The second kappa shape index (κ2) is 5.27. The summed E-state index contributed by atoms with van der Waals surface area (Å²) in [6.45, 7) is 4.93. The maximum atomic E-state index is 11.1. The van der Waals surface area contributed by atoms with Gasteiger partial charge < -0.3 is 14.4 Å². The van der Waals surface area contributed by atoms with Gasteiger partial charge in [0.05, 0.1) is 30.6 Å². The predicted octanol–water partition coefficient (Wildman–Crippen LogP) is 1.64. The predicted molar refractivity (Wildman–Crippen MR) is 69.9 cm³/mol. The van der Waals surface area contributed by atoms with Gasteiger partial charge in [-0.05, 0) is 19.9 Å². The van der Waals surface area contributed by atoms with Crippen LogP contribution in [0.2, 0.25) is 0 Å². The van der Waals surface area contributed by atoms with E-state index in [4.69, 9.17) is 9.84 Å². The zero-order valence-electron chi connectivity index (χ0n) is 11.3. The van der Waals surface area contributed by atoms with Gasteiger partial charge in [0.1, 0.15) is 0 Å². The summed E-state index contributed by atoms with van der Waals surface area (Å²) in [5.74, 6) is -0.911. The van der Waals surface area contributed by atoms with Crippen molar-refractivity contribution in [3.8, 4) is 5.69 Å². The Morgan fingerprint density at radius 2 is 2.21 bits per heavy atom. The topological polar surface area (TPSA) is 69.3 Å². The number of carboxylic acids is 1. The molecule has 0 atom stereocenters. The summed E-state index contributed by atoms with van der Waals surface area (Å²) in [6, 6.07) is 1.67.